The van der Waals surface area contributed by atoms with Gasteiger partial charge in [0.1, 0.15) is 5.82 Å². The van der Waals surface area contributed by atoms with Gasteiger partial charge in [-0.15, -0.1) is 0 Å². The number of hydrogen-bond donors (Lipinski definition) is 1. The molecule has 0 unspecified atom stereocenters. The highest BCUT2D eigenvalue weighted by Crippen LogP contribution is 2.24. The van der Waals surface area contributed by atoms with Crippen LogP contribution in [-0.2, 0) is 0 Å². The second-order valence-corrected chi connectivity index (χ2v) is 3.33. The van der Waals surface area contributed by atoms with Crippen LogP contribution in [0.4, 0.5) is 11.5 Å². The van der Waals surface area contributed by atoms with Gasteiger partial charge in [-0.05, 0) is 25.1 Å². The molecule has 5 heteroatoms. The third kappa shape index (κ3) is 1.79. The number of non-ortho nitro benzene ring substituents is 1. The number of nitro benzene ring substituents is 1. The maximum absolute atomic E-state index is 10.8. The smallest absolute Gasteiger partial charge is 0.278 e. The van der Waals surface area contributed by atoms with Gasteiger partial charge in [0.2, 0.25) is 0 Å². The van der Waals surface area contributed by atoms with Gasteiger partial charge in [0, 0.05) is 12.6 Å². The van der Waals surface area contributed by atoms with Gasteiger partial charge >= 0.3 is 0 Å². The van der Waals surface area contributed by atoms with Crippen molar-refractivity contribution in [2.45, 2.75) is 6.92 Å². The lowest BCUT2D eigenvalue weighted by molar-refractivity contribution is -0.383. The fourth-order valence-corrected chi connectivity index (χ4v) is 1.58. The quantitative estimate of drug-likeness (QED) is 0.633. The Bertz CT molecular complexity index is 540. The SMILES string of the molecule is CCNc1ccc2c([N+](=O)[O-])cccc2n1. The average molecular weight is 217 g/mol. The molecule has 1 aromatic heterocycles. The van der Waals surface area contributed by atoms with Crippen molar-refractivity contribution in [3.8, 4) is 0 Å². The molecule has 0 aliphatic rings. The van der Waals surface area contributed by atoms with Gasteiger partial charge in [0.15, 0.2) is 0 Å². The van der Waals surface area contributed by atoms with E-state index in [-0.39, 0.29) is 5.69 Å². The first kappa shape index (κ1) is 10.4. The molecule has 0 atom stereocenters. The van der Waals surface area contributed by atoms with Crippen molar-refractivity contribution in [3.63, 3.8) is 0 Å². The summed E-state index contributed by atoms with van der Waals surface area (Å²) in [5.41, 5.74) is 0.723. The van der Waals surface area contributed by atoms with Crippen molar-refractivity contribution >= 4 is 22.4 Å². The number of hydrogen-bond acceptors (Lipinski definition) is 4. The first-order valence-corrected chi connectivity index (χ1v) is 5.00. The predicted molar refractivity (Wildman–Crippen MR) is 62.6 cm³/mol. The molecule has 1 aromatic carbocycles. The van der Waals surface area contributed by atoms with E-state index in [9.17, 15) is 10.1 Å². The Morgan fingerprint density at radius 3 is 2.88 bits per heavy atom. The molecule has 0 radical (unpaired) electrons. The Balaban J connectivity index is 2.59. The number of nitrogens with one attached hydrogen (secondary N) is 1. The number of nitrogens with zero attached hydrogens (tertiary/aromatic N) is 2. The van der Waals surface area contributed by atoms with Crippen LogP contribution in [0.15, 0.2) is 30.3 Å². The zero-order chi connectivity index (χ0) is 11.5. The molecule has 16 heavy (non-hydrogen) atoms. The molecule has 0 aliphatic carbocycles. The Morgan fingerprint density at radius 2 is 2.19 bits per heavy atom. The van der Waals surface area contributed by atoms with E-state index in [0.29, 0.717) is 10.9 Å². The summed E-state index contributed by atoms with van der Waals surface area (Å²) in [6, 6.07) is 8.36. The zero-order valence-corrected chi connectivity index (χ0v) is 8.80. The van der Waals surface area contributed by atoms with Crippen molar-refractivity contribution < 1.29 is 4.92 Å². The molecule has 0 amide bonds. The van der Waals surface area contributed by atoms with Crippen LogP contribution in [-0.4, -0.2) is 16.5 Å². The molecule has 2 rings (SSSR count). The van der Waals surface area contributed by atoms with Crippen molar-refractivity contribution in [1.82, 2.24) is 4.98 Å². The molecule has 0 saturated carbocycles. The molecule has 0 spiro atoms. The summed E-state index contributed by atoms with van der Waals surface area (Å²) >= 11 is 0. The van der Waals surface area contributed by atoms with E-state index in [0.717, 1.165) is 12.4 Å². The minimum Gasteiger partial charge on any atom is -0.370 e. The Kier molecular flexibility index (Phi) is 2.68. The molecule has 5 nitrogen and oxygen atoms in total. The molecular formula is C11H11N3O2. The lowest BCUT2D eigenvalue weighted by Gasteiger charge is -2.03. The van der Waals surface area contributed by atoms with E-state index in [4.69, 9.17) is 0 Å². The van der Waals surface area contributed by atoms with Crippen LogP contribution in [0.1, 0.15) is 6.92 Å². The van der Waals surface area contributed by atoms with Crippen molar-refractivity contribution in [2.75, 3.05) is 11.9 Å². The van der Waals surface area contributed by atoms with Crippen LogP contribution in [0.5, 0.6) is 0 Å². The standard InChI is InChI=1S/C11H11N3O2/c1-2-12-11-7-6-8-9(13-11)4-3-5-10(8)14(15)16/h3-7H,2H2,1H3,(H,12,13). The third-order valence-electron chi connectivity index (χ3n) is 2.26. The molecule has 2 aromatic rings. The number of aromatic nitrogens is 1. The lowest BCUT2D eigenvalue weighted by Crippen LogP contribution is -1.99. The van der Waals surface area contributed by atoms with Gasteiger partial charge in [-0.2, -0.15) is 0 Å². The summed E-state index contributed by atoms with van der Waals surface area (Å²) in [5, 5.41) is 14.4. The van der Waals surface area contributed by atoms with Crippen LogP contribution in [0.2, 0.25) is 0 Å². The first-order chi connectivity index (χ1) is 7.72. The number of rotatable bonds is 3. The van der Waals surface area contributed by atoms with Crippen LogP contribution in [0.3, 0.4) is 0 Å². The second kappa shape index (κ2) is 4.14. The summed E-state index contributed by atoms with van der Waals surface area (Å²) in [6.45, 7) is 2.74. The third-order valence-corrected chi connectivity index (χ3v) is 2.26. The highest BCUT2D eigenvalue weighted by Gasteiger charge is 2.11. The molecule has 0 aliphatic heterocycles. The lowest BCUT2D eigenvalue weighted by atomic mass is 10.2. The summed E-state index contributed by atoms with van der Waals surface area (Å²) in [5.74, 6) is 0.732. The fraction of sp³-hybridized carbons (Fsp3) is 0.182. The van der Waals surface area contributed by atoms with Gasteiger partial charge in [0.25, 0.3) is 5.69 Å². The van der Waals surface area contributed by atoms with Crippen molar-refractivity contribution in [2.24, 2.45) is 0 Å². The Hall–Kier alpha value is -2.17. The topological polar surface area (TPSA) is 68.1 Å². The average Bonchev–Trinajstić information content (AvgIpc) is 2.28. The van der Waals surface area contributed by atoms with Gasteiger partial charge in [-0.25, -0.2) is 4.98 Å². The van der Waals surface area contributed by atoms with Crippen LogP contribution in [0, 0.1) is 10.1 Å². The molecule has 0 fully saturated rings. The Labute approximate surface area is 92.3 Å². The fourth-order valence-electron chi connectivity index (χ4n) is 1.58. The number of pyridine rings is 1. The number of benzene rings is 1. The largest absolute Gasteiger partial charge is 0.370 e. The van der Waals surface area contributed by atoms with Crippen molar-refractivity contribution in [3.05, 3.63) is 40.4 Å². The molecule has 1 heterocycles. The van der Waals surface area contributed by atoms with E-state index in [1.165, 1.54) is 6.07 Å². The second-order valence-electron chi connectivity index (χ2n) is 3.33. The van der Waals surface area contributed by atoms with E-state index in [2.05, 4.69) is 10.3 Å². The van der Waals surface area contributed by atoms with Gasteiger partial charge in [-0.3, -0.25) is 10.1 Å². The number of anilines is 1. The summed E-state index contributed by atoms with van der Waals surface area (Å²) < 4.78 is 0. The molecule has 0 saturated heterocycles. The van der Waals surface area contributed by atoms with E-state index in [1.54, 1.807) is 24.3 Å². The minimum atomic E-state index is -0.392. The first-order valence-electron chi connectivity index (χ1n) is 5.00. The molecule has 82 valence electrons. The maximum atomic E-state index is 10.8. The van der Waals surface area contributed by atoms with E-state index >= 15 is 0 Å². The predicted octanol–water partition coefficient (Wildman–Crippen LogP) is 2.57. The number of nitro groups is 1. The highest BCUT2D eigenvalue weighted by molar-refractivity contribution is 5.88. The molecule has 0 bridgehead atoms. The van der Waals surface area contributed by atoms with Crippen LogP contribution >= 0.6 is 0 Å². The minimum absolute atomic E-state index is 0.0908. The van der Waals surface area contributed by atoms with E-state index in [1.807, 2.05) is 6.92 Å². The van der Waals surface area contributed by atoms with E-state index < -0.39 is 4.92 Å². The van der Waals surface area contributed by atoms with Gasteiger partial charge in [-0.1, -0.05) is 6.07 Å². The summed E-state index contributed by atoms with van der Waals surface area (Å²) in [4.78, 5) is 14.7. The van der Waals surface area contributed by atoms with Crippen LogP contribution < -0.4 is 5.32 Å². The summed E-state index contributed by atoms with van der Waals surface area (Å²) in [6.07, 6.45) is 0. The highest BCUT2D eigenvalue weighted by atomic mass is 16.6. The molecule has 1 N–H and O–H groups in total. The number of fused-ring (bicyclic) bond motifs is 1. The van der Waals surface area contributed by atoms with Gasteiger partial charge in [0.05, 0.1) is 15.8 Å². The molecular weight excluding hydrogens is 206 g/mol. The maximum Gasteiger partial charge on any atom is 0.278 e. The monoisotopic (exact) mass is 217 g/mol. The Morgan fingerprint density at radius 1 is 1.38 bits per heavy atom. The normalized spacial score (nSPS) is 10.3. The summed E-state index contributed by atoms with van der Waals surface area (Å²) in [7, 11) is 0. The zero-order valence-electron chi connectivity index (χ0n) is 8.80. The van der Waals surface area contributed by atoms with Gasteiger partial charge < -0.3 is 5.32 Å². The van der Waals surface area contributed by atoms with Crippen LogP contribution in [0.25, 0.3) is 10.9 Å². The van der Waals surface area contributed by atoms with Crippen molar-refractivity contribution in [1.29, 1.82) is 0 Å².